The molecule has 9 heteroatoms. The van der Waals surface area contributed by atoms with E-state index >= 15 is 0 Å². The van der Waals surface area contributed by atoms with Crippen LogP contribution in [0.1, 0.15) is 17.0 Å². The van der Waals surface area contributed by atoms with Gasteiger partial charge >= 0.3 is 0 Å². The van der Waals surface area contributed by atoms with Crippen molar-refractivity contribution in [2.24, 2.45) is 0 Å². The second kappa shape index (κ2) is 8.16. The summed E-state index contributed by atoms with van der Waals surface area (Å²) in [5, 5.41) is 4.41. The minimum absolute atomic E-state index is 0.0245. The number of fused-ring (bicyclic) bond motifs is 1. The maximum atomic E-state index is 13.3. The molecular weight excluding hydrogens is 428 g/mol. The van der Waals surface area contributed by atoms with Gasteiger partial charge in [0.2, 0.25) is 0 Å². The van der Waals surface area contributed by atoms with Crippen molar-refractivity contribution >= 4 is 21.4 Å². The Labute approximate surface area is 186 Å². The number of aryl methyl sites for hydroxylation is 3. The van der Waals surface area contributed by atoms with Crippen LogP contribution in [0.25, 0.3) is 16.8 Å². The van der Waals surface area contributed by atoms with Crippen LogP contribution in [0.4, 0.5) is 5.69 Å². The Hall–Kier alpha value is -3.59. The Bertz CT molecular complexity index is 1430. The van der Waals surface area contributed by atoms with E-state index in [0.717, 1.165) is 22.5 Å². The molecule has 32 heavy (non-hydrogen) atoms. The van der Waals surface area contributed by atoms with E-state index in [2.05, 4.69) is 14.8 Å². The van der Waals surface area contributed by atoms with Gasteiger partial charge in [-0.3, -0.25) is 4.72 Å². The topological polar surface area (TPSA) is 94.8 Å². The van der Waals surface area contributed by atoms with E-state index in [-0.39, 0.29) is 10.6 Å². The predicted molar refractivity (Wildman–Crippen MR) is 123 cm³/mol. The number of methoxy groups -OCH3 is 2. The molecule has 2 heterocycles. The number of nitrogens with zero attached hydrogens (tertiary/aromatic N) is 3. The van der Waals surface area contributed by atoms with Crippen molar-refractivity contribution in [1.82, 2.24) is 14.6 Å². The van der Waals surface area contributed by atoms with E-state index in [4.69, 9.17) is 9.47 Å². The van der Waals surface area contributed by atoms with E-state index in [0.29, 0.717) is 22.6 Å². The van der Waals surface area contributed by atoms with Gasteiger partial charge in [-0.15, -0.1) is 0 Å². The first-order valence-electron chi connectivity index (χ1n) is 9.91. The lowest BCUT2D eigenvalue weighted by Gasteiger charge is -2.15. The number of nitrogens with one attached hydrogen (secondary N) is 1. The summed E-state index contributed by atoms with van der Waals surface area (Å²) in [6, 6.07) is 12.1. The van der Waals surface area contributed by atoms with Crippen molar-refractivity contribution in [3.05, 3.63) is 65.6 Å². The third kappa shape index (κ3) is 3.87. The average Bonchev–Trinajstić information content (AvgIpc) is 3.18. The van der Waals surface area contributed by atoms with Crippen molar-refractivity contribution in [1.29, 1.82) is 0 Å². The summed E-state index contributed by atoms with van der Waals surface area (Å²) in [4.78, 5) is 4.62. The zero-order valence-electron chi connectivity index (χ0n) is 18.5. The minimum Gasteiger partial charge on any atom is -0.497 e. The van der Waals surface area contributed by atoms with Crippen molar-refractivity contribution < 1.29 is 17.9 Å². The van der Waals surface area contributed by atoms with Gasteiger partial charge in [-0.25, -0.2) is 17.9 Å². The maximum Gasteiger partial charge on any atom is 0.265 e. The van der Waals surface area contributed by atoms with Crippen LogP contribution in [0.3, 0.4) is 0 Å². The van der Waals surface area contributed by atoms with E-state index < -0.39 is 10.0 Å². The molecule has 4 rings (SSSR count). The number of rotatable bonds is 6. The van der Waals surface area contributed by atoms with Gasteiger partial charge in [0.15, 0.2) is 5.65 Å². The molecule has 0 aliphatic heterocycles. The molecular formula is C23H24N4O4S. The molecule has 0 spiro atoms. The van der Waals surface area contributed by atoms with Gasteiger partial charge in [0.25, 0.3) is 10.0 Å². The molecule has 8 nitrogen and oxygen atoms in total. The lowest BCUT2D eigenvalue weighted by molar-refractivity contribution is 0.403. The van der Waals surface area contributed by atoms with E-state index in [1.165, 1.54) is 7.11 Å². The van der Waals surface area contributed by atoms with Gasteiger partial charge in [-0.05, 0) is 68.3 Å². The fraction of sp³-hybridized carbons (Fsp3) is 0.217. The highest BCUT2D eigenvalue weighted by molar-refractivity contribution is 7.92. The SMILES string of the molecule is COc1ccc(NS(=O)(=O)c2cc(-c3cnn4c(C)cc(C)nc34)ccc2OC)c(C)c1. The summed E-state index contributed by atoms with van der Waals surface area (Å²) in [5.41, 5.74) is 5.06. The first-order valence-corrected chi connectivity index (χ1v) is 11.4. The van der Waals surface area contributed by atoms with Gasteiger partial charge in [-0.2, -0.15) is 5.10 Å². The molecule has 1 N–H and O–H groups in total. The fourth-order valence-electron chi connectivity index (χ4n) is 3.61. The number of ether oxygens (including phenoxy) is 2. The number of hydrogen-bond acceptors (Lipinski definition) is 6. The standard InChI is InChI=1S/C23H24N4O4S/c1-14-10-18(30-4)7-8-20(14)26-32(28,29)22-12-17(6-9-21(22)31-5)19-13-24-27-16(3)11-15(2)25-23(19)27/h6-13,26H,1-5H3. The molecule has 0 amide bonds. The molecule has 0 saturated heterocycles. The normalized spacial score (nSPS) is 11.5. The number of aromatic nitrogens is 3. The molecule has 166 valence electrons. The summed E-state index contributed by atoms with van der Waals surface area (Å²) in [6.07, 6.45) is 1.69. The summed E-state index contributed by atoms with van der Waals surface area (Å²) in [5.74, 6) is 0.889. The maximum absolute atomic E-state index is 13.3. The number of sulfonamides is 1. The fourth-order valence-corrected chi connectivity index (χ4v) is 4.93. The van der Waals surface area contributed by atoms with E-state index in [9.17, 15) is 8.42 Å². The van der Waals surface area contributed by atoms with Crippen LogP contribution in [0.2, 0.25) is 0 Å². The van der Waals surface area contributed by atoms with Crippen LogP contribution in [-0.4, -0.2) is 37.2 Å². The summed E-state index contributed by atoms with van der Waals surface area (Å²) in [7, 11) is -0.941. The average molecular weight is 453 g/mol. The highest BCUT2D eigenvalue weighted by Gasteiger charge is 2.23. The Morgan fingerprint density at radius 1 is 0.969 bits per heavy atom. The Morgan fingerprint density at radius 3 is 2.44 bits per heavy atom. The highest BCUT2D eigenvalue weighted by atomic mass is 32.2. The number of anilines is 1. The quantitative estimate of drug-likeness (QED) is 0.472. The lowest BCUT2D eigenvalue weighted by Crippen LogP contribution is -2.15. The molecule has 0 radical (unpaired) electrons. The van der Waals surface area contributed by atoms with E-state index in [1.54, 1.807) is 54.2 Å². The van der Waals surface area contributed by atoms with Gasteiger partial charge in [-0.1, -0.05) is 6.07 Å². The van der Waals surface area contributed by atoms with Crippen LogP contribution < -0.4 is 14.2 Å². The third-order valence-electron chi connectivity index (χ3n) is 5.22. The molecule has 4 aromatic rings. The number of hydrogen-bond donors (Lipinski definition) is 1. The zero-order chi connectivity index (χ0) is 23.0. The molecule has 0 unspecified atom stereocenters. The molecule has 0 aliphatic rings. The molecule has 0 saturated carbocycles. The van der Waals surface area contributed by atoms with Crippen molar-refractivity contribution in [2.75, 3.05) is 18.9 Å². The largest absolute Gasteiger partial charge is 0.497 e. The van der Waals surface area contributed by atoms with Gasteiger partial charge in [0.05, 0.1) is 26.1 Å². The molecule has 0 fully saturated rings. The second-order valence-electron chi connectivity index (χ2n) is 7.48. The van der Waals surface area contributed by atoms with Crippen LogP contribution in [0, 0.1) is 20.8 Å². The zero-order valence-corrected chi connectivity index (χ0v) is 19.3. The molecule has 2 aromatic carbocycles. The van der Waals surface area contributed by atoms with Crippen molar-refractivity contribution in [3.63, 3.8) is 0 Å². The smallest absolute Gasteiger partial charge is 0.265 e. The minimum atomic E-state index is -3.94. The second-order valence-corrected chi connectivity index (χ2v) is 9.14. The molecule has 0 atom stereocenters. The van der Waals surface area contributed by atoms with Crippen LogP contribution in [0.15, 0.2) is 53.6 Å². The Balaban J connectivity index is 1.81. The van der Waals surface area contributed by atoms with Crippen LogP contribution in [-0.2, 0) is 10.0 Å². The first-order chi connectivity index (χ1) is 15.2. The van der Waals surface area contributed by atoms with Crippen LogP contribution >= 0.6 is 0 Å². The lowest BCUT2D eigenvalue weighted by atomic mass is 10.1. The van der Waals surface area contributed by atoms with Gasteiger partial charge < -0.3 is 9.47 Å². The van der Waals surface area contributed by atoms with E-state index in [1.807, 2.05) is 26.8 Å². The molecule has 0 aliphatic carbocycles. The van der Waals surface area contributed by atoms with Crippen LogP contribution in [0.5, 0.6) is 11.5 Å². The first kappa shape index (κ1) is 21.6. The van der Waals surface area contributed by atoms with Crippen molar-refractivity contribution in [2.45, 2.75) is 25.7 Å². The summed E-state index contributed by atoms with van der Waals surface area (Å²) >= 11 is 0. The summed E-state index contributed by atoms with van der Waals surface area (Å²) in [6.45, 7) is 5.67. The van der Waals surface area contributed by atoms with Crippen molar-refractivity contribution in [3.8, 4) is 22.6 Å². The monoisotopic (exact) mass is 452 g/mol. The molecule has 0 bridgehead atoms. The third-order valence-corrected chi connectivity index (χ3v) is 6.61. The predicted octanol–water partition coefficient (Wildman–Crippen LogP) is 4.14. The van der Waals surface area contributed by atoms with Gasteiger partial charge in [0.1, 0.15) is 16.4 Å². The highest BCUT2D eigenvalue weighted by Crippen LogP contribution is 2.33. The Morgan fingerprint density at radius 2 is 1.75 bits per heavy atom. The summed E-state index contributed by atoms with van der Waals surface area (Å²) < 4.78 is 41.6. The van der Waals surface area contributed by atoms with Gasteiger partial charge in [0, 0.05) is 17.0 Å². The number of benzene rings is 2. The molecule has 2 aromatic heterocycles. The Kier molecular flexibility index (Phi) is 5.52.